The molecule has 0 spiro atoms. The molecule has 128 valence electrons. The second-order valence-electron chi connectivity index (χ2n) is 6.52. The predicted molar refractivity (Wildman–Crippen MR) is 86.2 cm³/mol. The van der Waals surface area contributed by atoms with Crippen LogP contribution in [0.5, 0.6) is 0 Å². The highest BCUT2D eigenvalue weighted by Crippen LogP contribution is 2.25. The quantitative estimate of drug-likeness (QED) is 0.811. The summed E-state index contributed by atoms with van der Waals surface area (Å²) in [6, 6.07) is 3.45. The van der Waals surface area contributed by atoms with Crippen molar-refractivity contribution >= 4 is 27.5 Å². The molecule has 1 aliphatic heterocycles. The van der Waals surface area contributed by atoms with Gasteiger partial charge in [0.1, 0.15) is 10.7 Å². The molecule has 8 heteroatoms. The third-order valence-corrected chi connectivity index (χ3v) is 5.83. The van der Waals surface area contributed by atoms with Crippen LogP contribution < -0.4 is 0 Å². The first-order valence-electron chi connectivity index (χ1n) is 7.28. The van der Waals surface area contributed by atoms with Crippen LogP contribution in [0.3, 0.4) is 0 Å². The van der Waals surface area contributed by atoms with E-state index >= 15 is 0 Å². The zero-order valence-electron chi connectivity index (χ0n) is 13.3. The number of hydrogen-bond donors (Lipinski definition) is 0. The average Bonchev–Trinajstić information content (AvgIpc) is 2.48. The Morgan fingerprint density at radius 2 is 1.74 bits per heavy atom. The molecule has 2 rings (SSSR count). The van der Waals surface area contributed by atoms with E-state index in [1.54, 1.807) is 4.90 Å². The normalized spacial score (nSPS) is 17.3. The summed E-state index contributed by atoms with van der Waals surface area (Å²) in [5, 5.41) is 0.159. The number of carbonyl (C=O) groups excluding carboxylic acids is 1. The summed E-state index contributed by atoms with van der Waals surface area (Å²) < 4.78 is 40.2. The van der Waals surface area contributed by atoms with E-state index in [0.717, 1.165) is 12.1 Å². The molecular formula is C15H20ClFN2O3S. The topological polar surface area (TPSA) is 57.7 Å². The molecule has 1 amide bonds. The molecule has 1 aromatic rings. The van der Waals surface area contributed by atoms with E-state index in [4.69, 9.17) is 11.6 Å². The molecule has 0 radical (unpaired) electrons. The van der Waals surface area contributed by atoms with Crippen LogP contribution in [-0.2, 0) is 14.8 Å². The van der Waals surface area contributed by atoms with Crippen molar-refractivity contribution < 1.29 is 17.6 Å². The highest BCUT2D eigenvalue weighted by molar-refractivity contribution is 7.89. The van der Waals surface area contributed by atoms with Crippen LogP contribution in [0, 0.1) is 11.2 Å². The number of carbonyl (C=O) groups is 1. The van der Waals surface area contributed by atoms with Crippen molar-refractivity contribution in [1.29, 1.82) is 0 Å². The monoisotopic (exact) mass is 362 g/mol. The van der Waals surface area contributed by atoms with E-state index in [9.17, 15) is 17.6 Å². The molecule has 0 aromatic heterocycles. The zero-order valence-corrected chi connectivity index (χ0v) is 14.9. The molecule has 1 fully saturated rings. The molecule has 0 bridgehead atoms. The summed E-state index contributed by atoms with van der Waals surface area (Å²) in [6.45, 7) is 6.31. The molecular weight excluding hydrogens is 343 g/mol. The van der Waals surface area contributed by atoms with Crippen LogP contribution in [-0.4, -0.2) is 49.7 Å². The van der Waals surface area contributed by atoms with Gasteiger partial charge in [-0.25, -0.2) is 12.8 Å². The average molecular weight is 363 g/mol. The largest absolute Gasteiger partial charge is 0.340 e. The number of hydrogen-bond acceptors (Lipinski definition) is 3. The number of sulfonamides is 1. The second kappa shape index (κ2) is 6.37. The fourth-order valence-electron chi connectivity index (χ4n) is 2.42. The molecule has 1 aromatic carbocycles. The van der Waals surface area contributed by atoms with Crippen molar-refractivity contribution in [2.45, 2.75) is 25.7 Å². The van der Waals surface area contributed by atoms with Gasteiger partial charge < -0.3 is 4.90 Å². The van der Waals surface area contributed by atoms with Crippen LogP contribution in [0.15, 0.2) is 23.1 Å². The number of amides is 1. The number of rotatable bonds is 2. The Labute approximate surface area is 141 Å². The molecule has 1 heterocycles. The lowest BCUT2D eigenvalue weighted by atomic mass is 9.94. The Morgan fingerprint density at radius 3 is 2.26 bits per heavy atom. The van der Waals surface area contributed by atoms with Gasteiger partial charge in [-0.2, -0.15) is 4.31 Å². The van der Waals surface area contributed by atoms with Crippen molar-refractivity contribution in [2.24, 2.45) is 5.41 Å². The zero-order chi connectivity index (χ0) is 17.4. The third kappa shape index (κ3) is 3.84. The van der Waals surface area contributed by atoms with Gasteiger partial charge in [-0.1, -0.05) is 32.4 Å². The summed E-state index contributed by atoms with van der Waals surface area (Å²) in [7, 11) is -3.96. The summed E-state index contributed by atoms with van der Waals surface area (Å²) >= 11 is 5.77. The first kappa shape index (κ1) is 18.2. The Hall–Kier alpha value is -1.18. The van der Waals surface area contributed by atoms with E-state index < -0.39 is 26.2 Å². The lowest BCUT2D eigenvalue weighted by Crippen LogP contribution is -2.53. The van der Waals surface area contributed by atoms with Crippen LogP contribution in [0.2, 0.25) is 5.02 Å². The van der Waals surface area contributed by atoms with Crippen LogP contribution in [0.25, 0.3) is 0 Å². The molecule has 0 saturated carbocycles. The first-order valence-corrected chi connectivity index (χ1v) is 9.10. The van der Waals surface area contributed by atoms with Crippen LogP contribution >= 0.6 is 11.6 Å². The molecule has 0 N–H and O–H groups in total. The SMILES string of the molecule is CC(C)(C)C(=O)N1CCN(S(=O)(=O)c2cc(Cl)ccc2F)CC1. The summed E-state index contributed by atoms with van der Waals surface area (Å²) in [5.74, 6) is -0.855. The standard InChI is InChI=1S/C15H20ClFN2O3S/c1-15(2,3)14(20)18-6-8-19(9-7-18)23(21,22)13-10-11(16)4-5-12(13)17/h4-5,10H,6-9H2,1-3H3. The molecule has 5 nitrogen and oxygen atoms in total. The van der Waals surface area contributed by atoms with E-state index in [-0.39, 0.29) is 37.1 Å². The smallest absolute Gasteiger partial charge is 0.246 e. The van der Waals surface area contributed by atoms with Gasteiger partial charge in [0.05, 0.1) is 0 Å². The van der Waals surface area contributed by atoms with Crippen molar-refractivity contribution in [2.75, 3.05) is 26.2 Å². The second-order valence-corrected chi connectivity index (χ2v) is 8.86. The number of benzene rings is 1. The predicted octanol–water partition coefficient (Wildman–Crippen LogP) is 2.36. The lowest BCUT2D eigenvalue weighted by Gasteiger charge is -2.37. The molecule has 1 aliphatic rings. The van der Waals surface area contributed by atoms with Gasteiger partial charge in [-0.3, -0.25) is 4.79 Å². The third-order valence-electron chi connectivity index (χ3n) is 3.68. The molecule has 1 saturated heterocycles. The summed E-state index contributed by atoms with van der Waals surface area (Å²) in [6.07, 6.45) is 0. The Morgan fingerprint density at radius 1 is 1.17 bits per heavy atom. The highest BCUT2D eigenvalue weighted by atomic mass is 35.5. The molecule has 23 heavy (non-hydrogen) atoms. The number of halogens is 2. The van der Waals surface area contributed by atoms with E-state index in [0.29, 0.717) is 0 Å². The van der Waals surface area contributed by atoms with E-state index in [2.05, 4.69) is 0 Å². The highest BCUT2D eigenvalue weighted by Gasteiger charge is 2.34. The van der Waals surface area contributed by atoms with Crippen molar-refractivity contribution in [3.8, 4) is 0 Å². The Kier molecular flexibility index (Phi) is 5.03. The minimum absolute atomic E-state index is 0.0246. The lowest BCUT2D eigenvalue weighted by molar-refractivity contribution is -0.140. The summed E-state index contributed by atoms with van der Waals surface area (Å²) in [4.78, 5) is 13.4. The van der Waals surface area contributed by atoms with Crippen molar-refractivity contribution in [3.05, 3.63) is 29.0 Å². The number of piperazine rings is 1. The van der Waals surface area contributed by atoms with Gasteiger partial charge >= 0.3 is 0 Å². The van der Waals surface area contributed by atoms with Gasteiger partial charge in [0.25, 0.3) is 0 Å². The van der Waals surface area contributed by atoms with Crippen LogP contribution in [0.4, 0.5) is 4.39 Å². The maximum Gasteiger partial charge on any atom is 0.246 e. The Bertz CT molecular complexity index is 708. The fourth-order valence-corrected chi connectivity index (χ4v) is 4.17. The molecule has 0 atom stereocenters. The van der Waals surface area contributed by atoms with Crippen LogP contribution in [0.1, 0.15) is 20.8 Å². The van der Waals surface area contributed by atoms with Crippen molar-refractivity contribution in [1.82, 2.24) is 9.21 Å². The van der Waals surface area contributed by atoms with Gasteiger partial charge in [0.2, 0.25) is 15.9 Å². The molecule has 0 unspecified atom stereocenters. The first-order chi connectivity index (χ1) is 10.5. The molecule has 0 aliphatic carbocycles. The van der Waals surface area contributed by atoms with Gasteiger partial charge in [0, 0.05) is 36.6 Å². The van der Waals surface area contributed by atoms with Gasteiger partial charge in [-0.15, -0.1) is 0 Å². The number of nitrogens with zero attached hydrogens (tertiary/aromatic N) is 2. The maximum absolute atomic E-state index is 13.9. The Balaban J connectivity index is 2.16. The summed E-state index contributed by atoms with van der Waals surface area (Å²) in [5.41, 5.74) is -0.514. The van der Waals surface area contributed by atoms with Gasteiger partial charge in [-0.05, 0) is 18.2 Å². The maximum atomic E-state index is 13.9. The fraction of sp³-hybridized carbons (Fsp3) is 0.533. The minimum atomic E-state index is -3.96. The van der Waals surface area contributed by atoms with E-state index in [1.807, 2.05) is 20.8 Å². The van der Waals surface area contributed by atoms with Gasteiger partial charge in [0.15, 0.2) is 0 Å². The minimum Gasteiger partial charge on any atom is -0.340 e. The van der Waals surface area contributed by atoms with E-state index in [1.165, 1.54) is 10.4 Å². The van der Waals surface area contributed by atoms with Crippen molar-refractivity contribution in [3.63, 3.8) is 0 Å².